The van der Waals surface area contributed by atoms with Crippen molar-refractivity contribution < 1.29 is 17.7 Å². The molecule has 10 heteroatoms. The van der Waals surface area contributed by atoms with Crippen LogP contribution in [0.5, 0.6) is 0 Å². The lowest BCUT2D eigenvalue weighted by atomic mass is 10.1. The molecule has 0 N–H and O–H groups in total. The summed E-state index contributed by atoms with van der Waals surface area (Å²) in [4.78, 5) is 21.3. The van der Waals surface area contributed by atoms with Gasteiger partial charge in [0.1, 0.15) is 0 Å². The summed E-state index contributed by atoms with van der Waals surface area (Å²) in [6.07, 6.45) is 1.18. The highest BCUT2D eigenvalue weighted by Gasteiger charge is 2.24. The van der Waals surface area contributed by atoms with E-state index in [0.29, 0.717) is 60.6 Å². The maximum Gasteiger partial charge on any atom is 0.253 e. The van der Waals surface area contributed by atoms with Crippen LogP contribution in [0.2, 0.25) is 5.02 Å². The van der Waals surface area contributed by atoms with Crippen molar-refractivity contribution in [2.24, 2.45) is 0 Å². The molecular formula is C22H23ClN4O4S. The predicted molar refractivity (Wildman–Crippen MR) is 121 cm³/mol. The lowest BCUT2D eigenvalue weighted by Crippen LogP contribution is -2.48. The molecule has 168 valence electrons. The average molecular weight is 475 g/mol. The van der Waals surface area contributed by atoms with Gasteiger partial charge >= 0.3 is 0 Å². The normalized spacial score (nSPS) is 15.1. The highest BCUT2D eigenvalue weighted by Crippen LogP contribution is 2.20. The molecular weight excluding hydrogens is 452 g/mol. The summed E-state index contributed by atoms with van der Waals surface area (Å²) in [5.74, 6) is 0.856. The van der Waals surface area contributed by atoms with Gasteiger partial charge in [-0.2, -0.15) is 4.98 Å². The summed E-state index contributed by atoms with van der Waals surface area (Å²) >= 11 is 5.92. The summed E-state index contributed by atoms with van der Waals surface area (Å²) < 4.78 is 28.5. The van der Waals surface area contributed by atoms with Gasteiger partial charge in [0.2, 0.25) is 11.7 Å². The van der Waals surface area contributed by atoms with Gasteiger partial charge in [0.05, 0.1) is 12.3 Å². The van der Waals surface area contributed by atoms with Crippen LogP contribution in [-0.4, -0.2) is 66.7 Å². The first-order chi connectivity index (χ1) is 15.3. The first-order valence-corrected chi connectivity index (χ1v) is 12.6. The van der Waals surface area contributed by atoms with Crippen LogP contribution < -0.4 is 0 Å². The van der Waals surface area contributed by atoms with E-state index in [1.54, 1.807) is 41.3 Å². The fourth-order valence-corrected chi connectivity index (χ4v) is 4.53. The molecule has 0 saturated carbocycles. The molecule has 2 aromatic carbocycles. The SMILES string of the molecule is CS(=O)(=O)Cc1cccc(C(=O)N2CCN(Cc3nc(-c4ccc(Cl)cc4)no3)CC2)c1. The number of amides is 1. The monoisotopic (exact) mass is 474 g/mol. The van der Waals surface area contributed by atoms with Gasteiger partial charge in [-0.1, -0.05) is 28.9 Å². The van der Waals surface area contributed by atoms with Gasteiger partial charge in [-0.15, -0.1) is 0 Å². The predicted octanol–water partition coefficient (Wildman–Crippen LogP) is 2.89. The molecule has 1 amide bonds. The third-order valence-corrected chi connectivity index (χ3v) is 6.30. The van der Waals surface area contributed by atoms with Gasteiger partial charge < -0.3 is 9.42 Å². The molecule has 1 saturated heterocycles. The lowest BCUT2D eigenvalue weighted by Gasteiger charge is -2.34. The summed E-state index contributed by atoms with van der Waals surface area (Å²) in [5, 5.41) is 4.68. The van der Waals surface area contributed by atoms with Crippen molar-refractivity contribution >= 4 is 27.3 Å². The Labute approximate surface area is 191 Å². The molecule has 2 heterocycles. The van der Waals surface area contributed by atoms with Crippen LogP contribution in [0.1, 0.15) is 21.8 Å². The fourth-order valence-electron chi connectivity index (χ4n) is 3.62. The summed E-state index contributed by atoms with van der Waals surface area (Å²) in [5.41, 5.74) is 1.95. The number of halogens is 1. The van der Waals surface area contributed by atoms with Gasteiger partial charge in [0.15, 0.2) is 9.84 Å². The molecule has 0 aliphatic carbocycles. The zero-order chi connectivity index (χ0) is 22.7. The van der Waals surface area contributed by atoms with Crippen molar-refractivity contribution in [1.82, 2.24) is 19.9 Å². The second-order valence-electron chi connectivity index (χ2n) is 7.86. The number of nitrogens with zero attached hydrogens (tertiary/aromatic N) is 4. The molecule has 0 unspecified atom stereocenters. The number of carbonyl (C=O) groups excluding carboxylic acids is 1. The van der Waals surface area contributed by atoms with Crippen LogP contribution in [0.15, 0.2) is 53.1 Å². The van der Waals surface area contributed by atoms with Crippen molar-refractivity contribution in [3.05, 3.63) is 70.6 Å². The van der Waals surface area contributed by atoms with E-state index >= 15 is 0 Å². The Morgan fingerprint density at radius 1 is 1.09 bits per heavy atom. The molecule has 3 aromatic rings. The van der Waals surface area contributed by atoms with E-state index in [-0.39, 0.29) is 11.7 Å². The number of benzene rings is 2. The van der Waals surface area contributed by atoms with Crippen molar-refractivity contribution in [3.63, 3.8) is 0 Å². The van der Waals surface area contributed by atoms with Crippen LogP contribution in [0, 0.1) is 0 Å². The number of piperazine rings is 1. The van der Waals surface area contributed by atoms with E-state index in [0.717, 1.165) is 5.56 Å². The molecule has 1 fully saturated rings. The standard InChI is InChI=1S/C22H23ClN4O4S/c1-32(29,30)15-16-3-2-4-18(13-16)22(28)27-11-9-26(10-12-27)14-20-24-21(25-31-20)17-5-7-19(23)8-6-17/h2-8,13H,9-12,14-15H2,1H3. The number of carbonyl (C=O) groups is 1. The van der Waals surface area contributed by atoms with Crippen LogP contribution in [-0.2, 0) is 22.1 Å². The number of sulfone groups is 1. The molecule has 0 bridgehead atoms. The number of hydrogen-bond acceptors (Lipinski definition) is 7. The minimum atomic E-state index is -3.16. The Bertz CT molecular complexity index is 1200. The zero-order valence-electron chi connectivity index (χ0n) is 17.6. The highest BCUT2D eigenvalue weighted by molar-refractivity contribution is 7.89. The number of aromatic nitrogens is 2. The third-order valence-electron chi connectivity index (χ3n) is 5.19. The second kappa shape index (κ2) is 9.40. The topological polar surface area (TPSA) is 96.6 Å². The maximum absolute atomic E-state index is 12.9. The minimum absolute atomic E-state index is 0.0793. The third kappa shape index (κ3) is 5.73. The van der Waals surface area contributed by atoms with Crippen LogP contribution in [0.4, 0.5) is 0 Å². The summed E-state index contributed by atoms with van der Waals surface area (Å²) in [6, 6.07) is 14.1. The fraction of sp³-hybridized carbons (Fsp3) is 0.318. The Morgan fingerprint density at radius 3 is 2.50 bits per heavy atom. The van der Waals surface area contributed by atoms with Crippen LogP contribution in [0.3, 0.4) is 0 Å². The van der Waals surface area contributed by atoms with Crippen molar-refractivity contribution in [2.45, 2.75) is 12.3 Å². The molecule has 1 aliphatic heterocycles. The van der Waals surface area contributed by atoms with Gasteiger partial charge in [-0.3, -0.25) is 9.69 Å². The van der Waals surface area contributed by atoms with Crippen LogP contribution >= 0.6 is 11.6 Å². The molecule has 0 radical (unpaired) electrons. The lowest BCUT2D eigenvalue weighted by molar-refractivity contribution is 0.0615. The number of hydrogen-bond donors (Lipinski definition) is 0. The Morgan fingerprint density at radius 2 is 1.81 bits per heavy atom. The Kier molecular flexibility index (Phi) is 6.59. The van der Waals surface area contributed by atoms with E-state index in [2.05, 4.69) is 15.0 Å². The van der Waals surface area contributed by atoms with Crippen molar-refractivity contribution in [2.75, 3.05) is 32.4 Å². The quantitative estimate of drug-likeness (QED) is 0.541. The van der Waals surface area contributed by atoms with E-state index < -0.39 is 9.84 Å². The first kappa shape index (κ1) is 22.4. The Hall–Kier alpha value is -2.75. The van der Waals surface area contributed by atoms with E-state index in [4.69, 9.17) is 16.1 Å². The second-order valence-corrected chi connectivity index (χ2v) is 10.4. The maximum atomic E-state index is 12.9. The van der Waals surface area contributed by atoms with Crippen LogP contribution in [0.25, 0.3) is 11.4 Å². The van der Waals surface area contributed by atoms with Gasteiger partial charge in [0.25, 0.3) is 5.91 Å². The summed E-state index contributed by atoms with van der Waals surface area (Å²) in [7, 11) is -3.16. The molecule has 32 heavy (non-hydrogen) atoms. The molecule has 8 nitrogen and oxygen atoms in total. The summed E-state index contributed by atoms with van der Waals surface area (Å²) in [6.45, 7) is 2.98. The van der Waals surface area contributed by atoms with E-state index in [1.165, 1.54) is 6.26 Å². The average Bonchev–Trinajstić information content (AvgIpc) is 3.22. The Balaban J connectivity index is 1.33. The molecule has 0 atom stereocenters. The minimum Gasteiger partial charge on any atom is -0.338 e. The van der Waals surface area contributed by atoms with Crippen molar-refractivity contribution in [3.8, 4) is 11.4 Å². The molecule has 4 rings (SSSR count). The van der Waals surface area contributed by atoms with Gasteiger partial charge in [0, 0.05) is 48.6 Å². The van der Waals surface area contributed by atoms with Gasteiger partial charge in [-0.25, -0.2) is 8.42 Å². The first-order valence-electron chi connectivity index (χ1n) is 10.1. The van der Waals surface area contributed by atoms with Crippen molar-refractivity contribution in [1.29, 1.82) is 0 Å². The molecule has 1 aromatic heterocycles. The van der Waals surface area contributed by atoms with E-state index in [9.17, 15) is 13.2 Å². The molecule has 0 spiro atoms. The number of rotatable bonds is 6. The smallest absolute Gasteiger partial charge is 0.253 e. The zero-order valence-corrected chi connectivity index (χ0v) is 19.1. The molecule has 1 aliphatic rings. The largest absolute Gasteiger partial charge is 0.338 e. The van der Waals surface area contributed by atoms with Gasteiger partial charge in [-0.05, 0) is 42.0 Å². The van der Waals surface area contributed by atoms with E-state index in [1.807, 2.05) is 12.1 Å². The highest BCUT2D eigenvalue weighted by atomic mass is 35.5.